The van der Waals surface area contributed by atoms with E-state index in [9.17, 15) is 24.0 Å². The highest BCUT2D eigenvalue weighted by Gasteiger charge is 2.47. The van der Waals surface area contributed by atoms with E-state index in [0.29, 0.717) is 6.54 Å². The Morgan fingerprint density at radius 2 is 1.76 bits per heavy atom. The monoisotopic (exact) mass is 423 g/mol. The molecule has 1 saturated heterocycles. The number of likely N-dealkylation sites (tertiary alicyclic amines) is 1. The summed E-state index contributed by atoms with van der Waals surface area (Å²) >= 11 is 0. The summed E-state index contributed by atoms with van der Waals surface area (Å²) < 4.78 is 5.06. The fraction of sp³-hybridized carbons (Fsp3) is 0.421. The first-order chi connectivity index (χ1) is 13.4. The van der Waals surface area contributed by atoms with E-state index in [4.69, 9.17) is 4.74 Å². The minimum Gasteiger partial charge on any atom is -0.443 e. The molecular weight excluding hydrogens is 402 g/mol. The summed E-state index contributed by atoms with van der Waals surface area (Å²) in [5, 5.41) is 2.87. The molecule has 4 amide bonds. The number of carbonyl (C=O) groups is 5. The van der Waals surface area contributed by atoms with E-state index in [1.807, 2.05) is 6.92 Å². The van der Waals surface area contributed by atoms with E-state index >= 15 is 0 Å². The van der Waals surface area contributed by atoms with E-state index in [1.165, 1.54) is 12.1 Å². The normalized spacial score (nSPS) is 19.7. The topological polar surface area (TPSA) is 113 Å². The van der Waals surface area contributed by atoms with Crippen molar-refractivity contribution in [3.05, 3.63) is 35.4 Å². The van der Waals surface area contributed by atoms with Gasteiger partial charge in [0.05, 0.1) is 11.1 Å². The number of hydrogen-bond acceptors (Lipinski definition) is 7. The Morgan fingerprint density at radius 3 is 2.31 bits per heavy atom. The quantitative estimate of drug-likeness (QED) is 0.529. The molecule has 1 aromatic carbocycles. The first kappa shape index (κ1) is 22.5. The molecule has 0 radical (unpaired) electrons. The van der Waals surface area contributed by atoms with Gasteiger partial charge in [-0.1, -0.05) is 19.1 Å². The molecule has 10 heteroatoms. The average Bonchev–Trinajstić information content (AvgIpc) is 2.93. The number of imide groups is 2. The van der Waals surface area contributed by atoms with Crippen LogP contribution in [0.1, 0.15) is 47.4 Å². The van der Waals surface area contributed by atoms with Gasteiger partial charge in [-0.15, -0.1) is 12.4 Å². The van der Waals surface area contributed by atoms with Crippen LogP contribution in [0.3, 0.4) is 0 Å². The number of hydrogen-bond donors (Lipinski definition) is 1. The molecule has 0 aromatic heterocycles. The molecule has 9 nitrogen and oxygen atoms in total. The van der Waals surface area contributed by atoms with Gasteiger partial charge in [0.1, 0.15) is 12.1 Å². The zero-order valence-corrected chi connectivity index (χ0v) is 16.9. The Morgan fingerprint density at radius 1 is 1.17 bits per heavy atom. The van der Waals surface area contributed by atoms with Gasteiger partial charge in [-0.2, -0.15) is 0 Å². The molecule has 0 spiro atoms. The SMILES string of the molecule is CCNC(C)C(=O)OCN1C(=O)CCC(N2C(=O)c3ccccc3C2=O)C1=O.Cl. The number of nitrogens with zero attached hydrogens (tertiary/aromatic N) is 2. The molecule has 1 N–H and O–H groups in total. The fourth-order valence-electron chi connectivity index (χ4n) is 3.33. The maximum atomic E-state index is 12.8. The Bertz CT molecular complexity index is 823. The molecule has 29 heavy (non-hydrogen) atoms. The van der Waals surface area contributed by atoms with Crippen molar-refractivity contribution in [1.82, 2.24) is 15.1 Å². The largest absolute Gasteiger partial charge is 0.443 e. The van der Waals surface area contributed by atoms with Crippen LogP contribution in [-0.4, -0.2) is 64.8 Å². The van der Waals surface area contributed by atoms with Gasteiger partial charge in [0.25, 0.3) is 17.7 Å². The number of benzene rings is 1. The Kier molecular flexibility index (Phi) is 7.10. The van der Waals surface area contributed by atoms with Crippen LogP contribution in [0.25, 0.3) is 0 Å². The molecule has 2 heterocycles. The second-order valence-electron chi connectivity index (χ2n) is 6.61. The second kappa shape index (κ2) is 9.15. The minimum atomic E-state index is -1.10. The Hall–Kier alpha value is -2.78. The zero-order valence-electron chi connectivity index (χ0n) is 16.0. The summed E-state index contributed by atoms with van der Waals surface area (Å²) in [6.45, 7) is 3.44. The van der Waals surface area contributed by atoms with Crippen molar-refractivity contribution < 1.29 is 28.7 Å². The van der Waals surface area contributed by atoms with Crippen LogP contribution in [0, 0.1) is 0 Å². The van der Waals surface area contributed by atoms with Crippen molar-refractivity contribution in [2.45, 2.75) is 38.8 Å². The summed E-state index contributed by atoms with van der Waals surface area (Å²) in [5.41, 5.74) is 0.462. The van der Waals surface area contributed by atoms with Crippen molar-refractivity contribution in [2.75, 3.05) is 13.3 Å². The highest BCUT2D eigenvalue weighted by Crippen LogP contribution is 2.28. The summed E-state index contributed by atoms with van der Waals surface area (Å²) in [5.74, 6) is -2.97. The van der Waals surface area contributed by atoms with E-state index < -0.39 is 48.4 Å². The number of nitrogens with one attached hydrogen (secondary N) is 1. The molecule has 1 aromatic rings. The van der Waals surface area contributed by atoms with Gasteiger partial charge in [0.15, 0.2) is 6.73 Å². The fourth-order valence-corrected chi connectivity index (χ4v) is 3.33. The predicted octanol–water partition coefficient (Wildman–Crippen LogP) is 0.721. The van der Waals surface area contributed by atoms with Gasteiger partial charge in [-0.3, -0.25) is 28.9 Å². The number of ether oxygens (including phenoxy) is 1. The standard InChI is InChI=1S/C19H21N3O6.ClH/c1-3-20-11(2)19(27)28-10-21-15(23)9-8-14(18(21)26)22-16(24)12-6-4-5-7-13(12)17(22)25;/h4-7,11,14,20H,3,8-10H2,1-2H3;1H. The third-order valence-electron chi connectivity index (χ3n) is 4.82. The maximum Gasteiger partial charge on any atom is 0.324 e. The first-order valence-corrected chi connectivity index (χ1v) is 9.08. The Labute approximate surface area is 173 Å². The molecule has 1 fully saturated rings. The molecule has 156 valence electrons. The number of halogens is 1. The number of amides is 4. The van der Waals surface area contributed by atoms with Crippen LogP contribution < -0.4 is 5.32 Å². The maximum absolute atomic E-state index is 12.8. The molecule has 2 atom stereocenters. The van der Waals surface area contributed by atoms with Crippen LogP contribution in [0.2, 0.25) is 0 Å². The van der Waals surface area contributed by atoms with E-state index in [2.05, 4.69) is 5.32 Å². The highest BCUT2D eigenvalue weighted by atomic mass is 35.5. The summed E-state index contributed by atoms with van der Waals surface area (Å²) in [6.07, 6.45) is 0.00546. The van der Waals surface area contributed by atoms with Crippen molar-refractivity contribution >= 4 is 42.0 Å². The molecule has 0 saturated carbocycles. The van der Waals surface area contributed by atoms with Crippen molar-refractivity contribution in [2.24, 2.45) is 0 Å². The summed E-state index contributed by atoms with van der Waals surface area (Å²) in [7, 11) is 0. The third kappa shape index (κ3) is 4.15. The predicted molar refractivity (Wildman–Crippen MR) is 103 cm³/mol. The lowest BCUT2D eigenvalue weighted by atomic mass is 10.0. The number of esters is 1. The zero-order chi connectivity index (χ0) is 20.4. The highest BCUT2D eigenvalue weighted by molar-refractivity contribution is 6.23. The van der Waals surface area contributed by atoms with Gasteiger partial charge >= 0.3 is 5.97 Å². The van der Waals surface area contributed by atoms with Crippen LogP contribution in [0.5, 0.6) is 0 Å². The molecule has 0 aliphatic carbocycles. The number of fused-ring (bicyclic) bond motifs is 1. The molecule has 3 rings (SSSR count). The molecule has 2 aliphatic heterocycles. The van der Waals surface area contributed by atoms with Crippen LogP contribution in [0.15, 0.2) is 24.3 Å². The molecule has 0 bridgehead atoms. The van der Waals surface area contributed by atoms with Crippen LogP contribution in [0.4, 0.5) is 0 Å². The third-order valence-corrected chi connectivity index (χ3v) is 4.82. The number of rotatable bonds is 6. The van der Waals surface area contributed by atoms with E-state index in [-0.39, 0.29) is 36.4 Å². The van der Waals surface area contributed by atoms with Crippen LogP contribution in [-0.2, 0) is 19.1 Å². The van der Waals surface area contributed by atoms with Crippen molar-refractivity contribution in [3.63, 3.8) is 0 Å². The summed E-state index contributed by atoms with van der Waals surface area (Å²) in [4.78, 5) is 63.8. The van der Waals surface area contributed by atoms with E-state index in [1.54, 1.807) is 19.1 Å². The second-order valence-corrected chi connectivity index (χ2v) is 6.61. The van der Waals surface area contributed by atoms with Crippen molar-refractivity contribution in [1.29, 1.82) is 0 Å². The number of likely N-dealkylation sites (N-methyl/N-ethyl adjacent to an activating group) is 1. The van der Waals surface area contributed by atoms with Gasteiger partial charge < -0.3 is 10.1 Å². The molecule has 2 aliphatic rings. The van der Waals surface area contributed by atoms with Gasteiger partial charge in [-0.05, 0) is 32.0 Å². The van der Waals surface area contributed by atoms with Gasteiger partial charge in [0, 0.05) is 6.42 Å². The van der Waals surface area contributed by atoms with E-state index in [0.717, 1.165) is 9.80 Å². The number of carbonyl (C=O) groups excluding carboxylic acids is 5. The van der Waals surface area contributed by atoms with Crippen LogP contribution >= 0.6 is 12.4 Å². The number of piperidine rings is 1. The lowest BCUT2D eigenvalue weighted by Gasteiger charge is -2.34. The minimum absolute atomic E-state index is 0. The summed E-state index contributed by atoms with van der Waals surface area (Å²) in [6, 6.07) is 4.63. The van der Waals surface area contributed by atoms with Gasteiger partial charge in [-0.25, -0.2) is 4.90 Å². The first-order valence-electron chi connectivity index (χ1n) is 9.08. The van der Waals surface area contributed by atoms with Crippen molar-refractivity contribution in [3.8, 4) is 0 Å². The lowest BCUT2D eigenvalue weighted by Crippen LogP contribution is -2.56. The lowest BCUT2D eigenvalue weighted by molar-refractivity contribution is -0.164. The van der Waals surface area contributed by atoms with Gasteiger partial charge in [0.2, 0.25) is 5.91 Å². The molecular formula is C19H22ClN3O6. The molecule has 2 unspecified atom stereocenters. The Balaban J connectivity index is 0.00000300. The average molecular weight is 424 g/mol. The smallest absolute Gasteiger partial charge is 0.324 e.